The molecule has 0 saturated heterocycles. The van der Waals surface area contributed by atoms with Crippen LogP contribution in [0.15, 0.2) is 71.8 Å². The molecule has 4 heteroatoms. The van der Waals surface area contributed by atoms with Crippen LogP contribution in [0, 0.1) is 10.8 Å². The minimum atomic E-state index is -5.23. The van der Waals surface area contributed by atoms with Gasteiger partial charge in [-0.2, -0.15) is 0 Å². The molecule has 4 aromatic rings. The van der Waals surface area contributed by atoms with E-state index in [0.29, 0.717) is 35.5 Å². The predicted molar refractivity (Wildman–Crippen MR) is 279 cm³/mol. The molecule has 0 aromatic heterocycles. The molecule has 0 spiro atoms. The van der Waals surface area contributed by atoms with Gasteiger partial charge in [0, 0.05) is 0 Å². The van der Waals surface area contributed by atoms with Crippen LogP contribution in [0.25, 0.3) is 34.4 Å². The Balaban J connectivity index is 1.75. The van der Waals surface area contributed by atoms with Gasteiger partial charge in [0.1, 0.15) is 0 Å². The summed E-state index contributed by atoms with van der Waals surface area (Å²) in [6.45, 7) is 47.5. The molecule has 0 fully saturated rings. The second-order valence-corrected chi connectivity index (χ2v) is 66.2. The Morgan fingerprint density at radius 2 is 0.742 bits per heavy atom. The third kappa shape index (κ3) is 8.62. The summed E-state index contributed by atoms with van der Waals surface area (Å²) in [5.74, 6) is 0.609. The van der Waals surface area contributed by atoms with Crippen molar-refractivity contribution in [3.8, 4) is 22.3 Å². The van der Waals surface area contributed by atoms with Crippen molar-refractivity contribution in [1.82, 2.24) is 0 Å². The quantitative estimate of drug-likeness (QED) is 0.131. The molecule has 2 unspecified atom stereocenters. The van der Waals surface area contributed by atoms with Crippen LogP contribution < -0.4 is 0 Å². The molecule has 0 N–H and O–H groups in total. The first-order valence-electron chi connectivity index (χ1n) is 24.2. The maximum atomic E-state index is 9.22. The van der Waals surface area contributed by atoms with E-state index in [1.807, 2.05) is 0 Å². The van der Waals surface area contributed by atoms with Crippen molar-refractivity contribution in [2.45, 2.75) is 180 Å². The molecular weight excluding hydrogens is 887 g/mol. The van der Waals surface area contributed by atoms with Gasteiger partial charge in [0.05, 0.1) is 0 Å². The van der Waals surface area contributed by atoms with E-state index in [1.165, 1.54) is 89.0 Å². The summed E-state index contributed by atoms with van der Waals surface area (Å²) in [6.07, 6.45) is 5.20. The van der Waals surface area contributed by atoms with Gasteiger partial charge in [-0.3, -0.25) is 0 Å². The van der Waals surface area contributed by atoms with Crippen molar-refractivity contribution in [1.29, 1.82) is 0 Å². The Morgan fingerprint density at radius 3 is 0.968 bits per heavy atom. The van der Waals surface area contributed by atoms with Gasteiger partial charge in [-0.1, -0.05) is 0 Å². The van der Waals surface area contributed by atoms with Crippen LogP contribution in [-0.2, 0) is 15.6 Å². The fraction of sp³-hybridized carbons (Fsp3) is 0.517. The zero-order chi connectivity index (χ0) is 46.4. The molecule has 2 atom stereocenters. The van der Waals surface area contributed by atoms with Gasteiger partial charge >= 0.3 is 392 Å². The number of hydrogen-bond donors (Lipinski definition) is 0. The summed E-state index contributed by atoms with van der Waals surface area (Å²) >= 11 is -5.23. The summed E-state index contributed by atoms with van der Waals surface area (Å²) in [7, 11) is 18.4. The normalized spacial score (nSPS) is 17.8. The molecule has 0 aliphatic heterocycles. The first kappa shape index (κ1) is 49.5. The zero-order valence-corrected chi connectivity index (χ0v) is 47.5. The summed E-state index contributed by atoms with van der Waals surface area (Å²) in [5, 5.41) is 0. The Hall–Kier alpha value is -1.96. The second-order valence-electron chi connectivity index (χ2n) is 23.7. The molecule has 0 amide bonds. The van der Waals surface area contributed by atoms with Crippen LogP contribution in [0.5, 0.6) is 0 Å². The van der Waals surface area contributed by atoms with E-state index in [0.717, 1.165) is 0 Å². The molecule has 2 aliphatic carbocycles. The monoisotopic (exact) mass is 965 g/mol. The van der Waals surface area contributed by atoms with E-state index >= 15 is 0 Å². The number of hydrogen-bond acceptors (Lipinski definition) is 0. The molecular formula is C58H81Cl2SiZr. The van der Waals surface area contributed by atoms with Gasteiger partial charge in [0.15, 0.2) is 0 Å². The number of halogens is 2. The van der Waals surface area contributed by atoms with Crippen molar-refractivity contribution < 1.29 is 15.6 Å². The molecule has 0 heterocycles. The van der Waals surface area contributed by atoms with E-state index < -0.39 is 21.5 Å². The molecule has 335 valence electrons. The molecule has 0 radical (unpaired) electrons. The number of allylic oxidation sites excluding steroid dienone is 2. The molecule has 62 heavy (non-hydrogen) atoms. The average Bonchev–Trinajstić information content (AvgIpc) is 3.78. The minimum absolute atomic E-state index is 0.00834. The molecule has 2 aliphatic rings. The van der Waals surface area contributed by atoms with Gasteiger partial charge in [-0.15, -0.1) is 0 Å². The summed E-state index contributed by atoms with van der Waals surface area (Å²) in [4.78, 5) is 0. The fourth-order valence-electron chi connectivity index (χ4n) is 10.8. The van der Waals surface area contributed by atoms with Gasteiger partial charge in [0.25, 0.3) is 0 Å². The van der Waals surface area contributed by atoms with Crippen LogP contribution in [0.3, 0.4) is 0 Å². The van der Waals surface area contributed by atoms with Crippen molar-refractivity contribution in [2.75, 3.05) is 0 Å². The Morgan fingerprint density at radius 1 is 0.452 bits per heavy atom. The first-order valence-corrected chi connectivity index (χ1v) is 40.5. The Labute approximate surface area is 388 Å². The molecule has 0 bridgehead atoms. The number of fused-ring (bicyclic) bond motifs is 2. The second kappa shape index (κ2) is 17.4. The van der Waals surface area contributed by atoms with Crippen molar-refractivity contribution in [3.05, 3.63) is 127 Å². The molecule has 0 saturated carbocycles. The standard InChI is InChI=1S/2C28H37.C2H7Si.2ClH.Zr/c2*1-17(2)21-12-22(18(3)4)14-23(13-21)27-25(19(5)6)11-10-20-15-24(16-26(20)27)28(7,8)9;1-3-2;;;/h2*10-19H,1-9H3;3H,1-2H3;2*1H;/q;;;;;+2/p-2. The molecule has 0 nitrogen and oxygen atoms in total. The predicted octanol–water partition coefficient (Wildman–Crippen LogP) is 19.4. The summed E-state index contributed by atoms with van der Waals surface area (Å²) in [6, 6.07) is 24.7. The van der Waals surface area contributed by atoms with E-state index in [1.54, 1.807) is 0 Å². The van der Waals surface area contributed by atoms with Crippen molar-refractivity contribution in [3.63, 3.8) is 0 Å². The number of rotatable bonds is 11. The topological polar surface area (TPSA) is 0 Å². The van der Waals surface area contributed by atoms with E-state index in [2.05, 4.69) is 211 Å². The van der Waals surface area contributed by atoms with E-state index in [-0.39, 0.29) is 18.1 Å². The van der Waals surface area contributed by atoms with Crippen LogP contribution in [0.2, 0.25) is 13.1 Å². The summed E-state index contributed by atoms with van der Waals surface area (Å²) < 4.78 is -0.0167. The van der Waals surface area contributed by atoms with Crippen LogP contribution in [0.4, 0.5) is 0 Å². The SMILES string of the molecule is CC(C)c1cc(-c2c(C(C)C)ccc3c2C=C(C(C)(C)C)[CH]3[Zr]([Cl])([Cl])([CH]2C(C(C)(C)C)=Cc3c2ccc(C(C)C)c3-c2cc(C(C)C)cc(C(C)C)c2)[SiH](C)C)cc(C(C)C)c1. The van der Waals surface area contributed by atoms with Gasteiger partial charge in [-0.05, 0) is 0 Å². The van der Waals surface area contributed by atoms with Gasteiger partial charge in [-0.25, -0.2) is 0 Å². The van der Waals surface area contributed by atoms with E-state index in [4.69, 9.17) is 0 Å². The van der Waals surface area contributed by atoms with E-state index in [9.17, 15) is 17.0 Å². The Kier molecular flexibility index (Phi) is 13.9. The average molecular weight is 969 g/mol. The fourth-order valence-corrected chi connectivity index (χ4v) is 42.3. The third-order valence-corrected chi connectivity index (χ3v) is 66.4. The summed E-state index contributed by atoms with van der Waals surface area (Å²) in [5.41, 5.74) is 21.9. The molecule has 4 aromatic carbocycles. The van der Waals surface area contributed by atoms with Crippen LogP contribution in [0.1, 0.15) is 223 Å². The zero-order valence-electron chi connectivity index (χ0n) is 42.4. The third-order valence-electron chi connectivity index (χ3n) is 14.8. The van der Waals surface area contributed by atoms with Gasteiger partial charge in [0.2, 0.25) is 0 Å². The maximum absolute atomic E-state index is 9.22. The Bertz CT molecular complexity index is 2210. The van der Waals surface area contributed by atoms with Crippen molar-refractivity contribution >= 4 is 35.1 Å². The van der Waals surface area contributed by atoms with Gasteiger partial charge < -0.3 is 0 Å². The van der Waals surface area contributed by atoms with Crippen LogP contribution >= 0.6 is 17.0 Å². The van der Waals surface area contributed by atoms with Crippen LogP contribution in [-0.4, -0.2) is 5.92 Å². The first-order chi connectivity index (χ1) is 28.5. The number of benzene rings is 4. The molecule has 6 rings (SSSR count). The van der Waals surface area contributed by atoms with Crippen molar-refractivity contribution in [2.24, 2.45) is 10.8 Å².